The number of amides is 1. The van der Waals surface area contributed by atoms with Gasteiger partial charge in [0.1, 0.15) is 12.0 Å². The van der Waals surface area contributed by atoms with Gasteiger partial charge in [0.15, 0.2) is 0 Å². The molecule has 0 spiro atoms. The van der Waals surface area contributed by atoms with E-state index in [-0.39, 0.29) is 24.9 Å². The summed E-state index contributed by atoms with van der Waals surface area (Å²) in [6.07, 6.45) is 1.43. The SMILES string of the molecule is COCCN(CCOC)C(=O)c1coc(CN)c1.Cl. The number of ether oxygens (including phenoxy) is 2. The highest BCUT2D eigenvalue weighted by molar-refractivity contribution is 5.94. The third-order valence-electron chi connectivity index (χ3n) is 2.52. The third-order valence-corrected chi connectivity index (χ3v) is 2.52. The summed E-state index contributed by atoms with van der Waals surface area (Å²) in [6, 6.07) is 1.66. The molecule has 6 nitrogen and oxygen atoms in total. The number of hydrogen-bond donors (Lipinski definition) is 1. The maximum atomic E-state index is 12.2. The van der Waals surface area contributed by atoms with Crippen LogP contribution in [0.25, 0.3) is 0 Å². The largest absolute Gasteiger partial charge is 0.467 e. The minimum atomic E-state index is -0.104. The van der Waals surface area contributed by atoms with Gasteiger partial charge in [-0.05, 0) is 6.07 Å². The Balaban J connectivity index is 0.00000324. The van der Waals surface area contributed by atoms with Gasteiger partial charge >= 0.3 is 0 Å². The summed E-state index contributed by atoms with van der Waals surface area (Å²) in [5.41, 5.74) is 5.94. The van der Waals surface area contributed by atoms with Crippen LogP contribution in [0.4, 0.5) is 0 Å². The average Bonchev–Trinajstić information content (AvgIpc) is 2.87. The van der Waals surface area contributed by atoms with Gasteiger partial charge in [0.05, 0.1) is 25.3 Å². The lowest BCUT2D eigenvalue weighted by Gasteiger charge is -2.21. The Morgan fingerprint density at radius 1 is 1.32 bits per heavy atom. The lowest BCUT2D eigenvalue weighted by molar-refractivity contribution is 0.0626. The van der Waals surface area contributed by atoms with Crippen LogP contribution in [0.5, 0.6) is 0 Å². The highest BCUT2D eigenvalue weighted by Crippen LogP contribution is 2.10. The van der Waals surface area contributed by atoms with Crippen molar-refractivity contribution in [2.75, 3.05) is 40.5 Å². The fraction of sp³-hybridized carbons (Fsp3) is 0.583. The first-order valence-electron chi connectivity index (χ1n) is 5.77. The molecule has 0 atom stereocenters. The summed E-state index contributed by atoms with van der Waals surface area (Å²) in [6.45, 7) is 2.28. The Labute approximate surface area is 119 Å². The van der Waals surface area contributed by atoms with E-state index in [0.29, 0.717) is 37.6 Å². The third kappa shape index (κ3) is 5.61. The van der Waals surface area contributed by atoms with Crippen molar-refractivity contribution in [2.45, 2.75) is 6.54 Å². The molecular weight excluding hydrogens is 272 g/mol. The number of nitrogens with zero attached hydrogens (tertiary/aromatic N) is 1. The van der Waals surface area contributed by atoms with Gasteiger partial charge in [0.2, 0.25) is 0 Å². The van der Waals surface area contributed by atoms with Gasteiger partial charge in [-0.1, -0.05) is 0 Å². The molecule has 1 aromatic heterocycles. The molecule has 1 amide bonds. The van der Waals surface area contributed by atoms with Crippen LogP contribution in [0.15, 0.2) is 16.7 Å². The molecule has 0 saturated heterocycles. The lowest BCUT2D eigenvalue weighted by Crippen LogP contribution is -2.36. The highest BCUT2D eigenvalue weighted by Gasteiger charge is 2.17. The number of nitrogens with two attached hydrogens (primary N) is 1. The predicted octanol–water partition coefficient (Wildman–Crippen LogP) is 0.895. The van der Waals surface area contributed by atoms with Crippen molar-refractivity contribution in [2.24, 2.45) is 5.73 Å². The topological polar surface area (TPSA) is 77.9 Å². The number of methoxy groups -OCH3 is 2. The molecule has 19 heavy (non-hydrogen) atoms. The van der Waals surface area contributed by atoms with E-state index >= 15 is 0 Å². The maximum absolute atomic E-state index is 12.2. The second kappa shape index (κ2) is 9.80. The monoisotopic (exact) mass is 292 g/mol. The van der Waals surface area contributed by atoms with Gasteiger partial charge in [0, 0.05) is 27.3 Å². The second-order valence-corrected chi connectivity index (χ2v) is 3.78. The Hall–Kier alpha value is -1.08. The van der Waals surface area contributed by atoms with E-state index in [4.69, 9.17) is 19.6 Å². The predicted molar refractivity (Wildman–Crippen MR) is 73.5 cm³/mol. The van der Waals surface area contributed by atoms with Gasteiger partial charge in [-0.15, -0.1) is 12.4 Å². The van der Waals surface area contributed by atoms with E-state index in [1.807, 2.05) is 0 Å². The summed E-state index contributed by atoms with van der Waals surface area (Å²) in [7, 11) is 3.20. The van der Waals surface area contributed by atoms with Gasteiger partial charge in [-0.3, -0.25) is 4.79 Å². The Morgan fingerprint density at radius 2 is 1.89 bits per heavy atom. The molecule has 0 aliphatic rings. The smallest absolute Gasteiger partial charge is 0.257 e. The van der Waals surface area contributed by atoms with E-state index in [9.17, 15) is 4.79 Å². The molecule has 1 heterocycles. The first kappa shape index (κ1) is 17.9. The molecule has 0 unspecified atom stereocenters. The van der Waals surface area contributed by atoms with E-state index < -0.39 is 0 Å². The molecule has 0 bridgehead atoms. The summed E-state index contributed by atoms with van der Waals surface area (Å²) in [5.74, 6) is 0.490. The maximum Gasteiger partial charge on any atom is 0.257 e. The number of halogens is 1. The number of carbonyl (C=O) groups is 1. The average molecular weight is 293 g/mol. The highest BCUT2D eigenvalue weighted by atomic mass is 35.5. The molecule has 0 aromatic carbocycles. The van der Waals surface area contributed by atoms with Gasteiger partial charge in [0.25, 0.3) is 5.91 Å². The molecular formula is C12H21ClN2O4. The second-order valence-electron chi connectivity index (χ2n) is 3.78. The summed E-state index contributed by atoms with van der Waals surface area (Å²) >= 11 is 0. The van der Waals surface area contributed by atoms with Crippen molar-refractivity contribution in [3.63, 3.8) is 0 Å². The molecule has 0 fully saturated rings. The Morgan fingerprint density at radius 3 is 2.32 bits per heavy atom. The van der Waals surface area contributed by atoms with Crippen LogP contribution in [0.2, 0.25) is 0 Å². The molecule has 7 heteroatoms. The molecule has 0 aliphatic carbocycles. The molecule has 1 aromatic rings. The van der Waals surface area contributed by atoms with Crippen molar-refractivity contribution in [1.82, 2.24) is 4.90 Å². The minimum absolute atomic E-state index is 0. The van der Waals surface area contributed by atoms with Crippen molar-refractivity contribution >= 4 is 18.3 Å². The summed E-state index contributed by atoms with van der Waals surface area (Å²) < 4.78 is 15.1. The van der Waals surface area contributed by atoms with Crippen molar-refractivity contribution in [3.8, 4) is 0 Å². The Bertz CT molecular complexity index is 362. The van der Waals surface area contributed by atoms with E-state index in [1.54, 1.807) is 25.2 Å². The van der Waals surface area contributed by atoms with Gasteiger partial charge < -0.3 is 24.5 Å². The van der Waals surface area contributed by atoms with Gasteiger partial charge in [-0.2, -0.15) is 0 Å². The zero-order valence-electron chi connectivity index (χ0n) is 11.3. The zero-order valence-corrected chi connectivity index (χ0v) is 12.1. The lowest BCUT2D eigenvalue weighted by atomic mass is 10.2. The number of furan rings is 1. The van der Waals surface area contributed by atoms with E-state index in [1.165, 1.54) is 6.26 Å². The molecule has 0 saturated carbocycles. The van der Waals surface area contributed by atoms with Crippen LogP contribution >= 0.6 is 12.4 Å². The fourth-order valence-electron chi connectivity index (χ4n) is 1.50. The number of hydrogen-bond acceptors (Lipinski definition) is 5. The van der Waals surface area contributed by atoms with Crippen molar-refractivity contribution in [3.05, 3.63) is 23.7 Å². The van der Waals surface area contributed by atoms with Crippen LogP contribution in [-0.4, -0.2) is 51.3 Å². The number of carbonyl (C=O) groups excluding carboxylic acids is 1. The standard InChI is InChI=1S/C12H20N2O4.ClH/c1-16-5-3-14(4-6-17-2)12(15)10-7-11(8-13)18-9-10;/h7,9H,3-6,8,13H2,1-2H3;1H. The van der Waals surface area contributed by atoms with Crippen LogP contribution in [0.3, 0.4) is 0 Å². The molecule has 110 valence electrons. The normalized spacial score (nSPS) is 10.1. The summed E-state index contributed by atoms with van der Waals surface area (Å²) in [4.78, 5) is 13.9. The molecule has 1 rings (SSSR count). The van der Waals surface area contributed by atoms with Gasteiger partial charge in [-0.25, -0.2) is 0 Å². The van der Waals surface area contributed by atoms with E-state index in [2.05, 4.69) is 0 Å². The van der Waals surface area contributed by atoms with Crippen LogP contribution in [-0.2, 0) is 16.0 Å². The Kier molecular flexibility index (Phi) is 9.24. The van der Waals surface area contributed by atoms with Crippen LogP contribution < -0.4 is 5.73 Å². The first-order chi connectivity index (χ1) is 8.72. The van der Waals surface area contributed by atoms with Crippen molar-refractivity contribution < 1.29 is 18.7 Å². The molecule has 0 radical (unpaired) electrons. The molecule has 0 aliphatic heterocycles. The fourth-order valence-corrected chi connectivity index (χ4v) is 1.50. The summed E-state index contributed by atoms with van der Waals surface area (Å²) in [5, 5.41) is 0. The van der Waals surface area contributed by atoms with Crippen molar-refractivity contribution in [1.29, 1.82) is 0 Å². The quantitative estimate of drug-likeness (QED) is 0.770. The number of rotatable bonds is 8. The minimum Gasteiger partial charge on any atom is -0.467 e. The first-order valence-corrected chi connectivity index (χ1v) is 5.77. The van der Waals surface area contributed by atoms with Crippen LogP contribution in [0, 0.1) is 0 Å². The van der Waals surface area contributed by atoms with Crippen LogP contribution in [0.1, 0.15) is 16.1 Å². The van der Waals surface area contributed by atoms with E-state index in [0.717, 1.165) is 0 Å². The molecule has 2 N–H and O–H groups in total. The zero-order chi connectivity index (χ0) is 13.4.